The van der Waals surface area contributed by atoms with Gasteiger partial charge in [-0.05, 0) is 19.1 Å². The molecule has 0 saturated carbocycles. The van der Waals surface area contributed by atoms with E-state index >= 15 is 0 Å². The average molecular weight is 312 g/mol. The molecule has 4 rings (SSSR count). The molecule has 2 aromatic heterocycles. The number of aryl methyl sites for hydroxylation is 1. The SMILES string of the molecule is C[C@@H]1CC(=O)NN1Cc1nnc2n(C)c(=O)c3ccccc3n12. The van der Waals surface area contributed by atoms with Gasteiger partial charge in [-0.1, -0.05) is 12.1 Å². The van der Waals surface area contributed by atoms with Gasteiger partial charge in [-0.3, -0.25) is 24.0 Å². The second-order valence-corrected chi connectivity index (χ2v) is 5.85. The molecule has 1 N–H and O–H groups in total. The first-order valence-corrected chi connectivity index (χ1v) is 7.44. The van der Waals surface area contributed by atoms with Gasteiger partial charge in [0.2, 0.25) is 11.7 Å². The minimum atomic E-state index is -0.102. The summed E-state index contributed by atoms with van der Waals surface area (Å²) in [5, 5.41) is 10.8. The molecular weight excluding hydrogens is 296 g/mol. The molecule has 1 fully saturated rings. The van der Waals surface area contributed by atoms with Gasteiger partial charge in [-0.25, -0.2) is 5.01 Å². The summed E-state index contributed by atoms with van der Waals surface area (Å²) in [4.78, 5) is 23.9. The van der Waals surface area contributed by atoms with Crippen LogP contribution >= 0.6 is 0 Å². The Morgan fingerprint density at radius 2 is 2.04 bits per heavy atom. The van der Waals surface area contributed by atoms with E-state index in [1.165, 1.54) is 4.57 Å². The molecule has 8 nitrogen and oxygen atoms in total. The fourth-order valence-electron chi connectivity index (χ4n) is 3.04. The number of rotatable bonds is 2. The minimum absolute atomic E-state index is 0.00331. The topological polar surface area (TPSA) is 84.5 Å². The number of aromatic nitrogens is 4. The number of amides is 1. The summed E-state index contributed by atoms with van der Waals surface area (Å²) < 4.78 is 3.36. The second kappa shape index (κ2) is 4.88. The van der Waals surface area contributed by atoms with Crippen LogP contribution in [0, 0.1) is 0 Å². The molecule has 1 aliphatic rings. The van der Waals surface area contributed by atoms with E-state index in [1.54, 1.807) is 13.1 Å². The highest BCUT2D eigenvalue weighted by Gasteiger charge is 2.28. The molecule has 0 unspecified atom stereocenters. The van der Waals surface area contributed by atoms with Gasteiger partial charge < -0.3 is 0 Å². The highest BCUT2D eigenvalue weighted by atomic mass is 16.2. The third-order valence-corrected chi connectivity index (χ3v) is 4.29. The van der Waals surface area contributed by atoms with Crippen molar-refractivity contribution >= 4 is 22.6 Å². The Morgan fingerprint density at radius 3 is 2.78 bits per heavy atom. The Bertz CT molecular complexity index is 989. The highest BCUT2D eigenvalue weighted by Crippen LogP contribution is 2.17. The zero-order valence-corrected chi connectivity index (χ0v) is 12.9. The van der Waals surface area contributed by atoms with Crippen molar-refractivity contribution in [1.82, 2.24) is 29.6 Å². The summed E-state index contributed by atoms with van der Waals surface area (Å²) in [6.07, 6.45) is 0.468. The van der Waals surface area contributed by atoms with Crippen LogP contribution < -0.4 is 11.0 Å². The minimum Gasteiger partial charge on any atom is -0.288 e. The predicted octanol–water partition coefficient (Wildman–Crippen LogP) is 0.207. The molecule has 118 valence electrons. The number of nitrogens with one attached hydrogen (secondary N) is 1. The Balaban J connectivity index is 1.92. The lowest BCUT2D eigenvalue weighted by atomic mass is 10.2. The number of hydrogen-bond acceptors (Lipinski definition) is 5. The van der Waals surface area contributed by atoms with Crippen LogP contribution in [0.15, 0.2) is 29.1 Å². The molecule has 1 aromatic carbocycles. The molecule has 1 saturated heterocycles. The van der Waals surface area contributed by atoms with Crippen molar-refractivity contribution < 1.29 is 4.79 Å². The maximum absolute atomic E-state index is 12.4. The molecule has 0 spiro atoms. The molecule has 8 heteroatoms. The van der Waals surface area contributed by atoms with Gasteiger partial charge in [-0.2, -0.15) is 0 Å². The van der Waals surface area contributed by atoms with Crippen LogP contribution in [0.5, 0.6) is 0 Å². The van der Waals surface area contributed by atoms with Gasteiger partial charge >= 0.3 is 0 Å². The number of para-hydroxylation sites is 1. The number of hydrogen-bond donors (Lipinski definition) is 1. The van der Waals surface area contributed by atoms with Gasteiger partial charge in [0.15, 0.2) is 5.82 Å². The lowest BCUT2D eigenvalue weighted by Gasteiger charge is -2.19. The zero-order chi connectivity index (χ0) is 16.1. The standard InChI is InChI=1S/C15H16N6O2/c1-9-7-13(22)18-20(9)8-12-16-17-15-19(2)14(23)10-5-3-4-6-11(10)21(12)15/h3-6,9H,7-8H2,1-2H3,(H,18,22)/t9-/m1/s1. The molecular formula is C15H16N6O2. The number of fused-ring (bicyclic) bond motifs is 3. The first-order valence-electron chi connectivity index (χ1n) is 7.44. The van der Waals surface area contributed by atoms with Crippen LogP contribution in [0.2, 0.25) is 0 Å². The van der Waals surface area contributed by atoms with Crippen molar-refractivity contribution in [3.63, 3.8) is 0 Å². The summed E-state index contributed by atoms with van der Waals surface area (Å²) in [6.45, 7) is 2.41. The van der Waals surface area contributed by atoms with Crippen molar-refractivity contribution in [2.24, 2.45) is 7.05 Å². The van der Waals surface area contributed by atoms with E-state index in [0.717, 1.165) is 5.52 Å². The van der Waals surface area contributed by atoms with Crippen LogP contribution in [0.1, 0.15) is 19.2 Å². The lowest BCUT2D eigenvalue weighted by molar-refractivity contribution is -0.121. The first kappa shape index (κ1) is 13.9. The molecule has 1 atom stereocenters. The number of hydrazine groups is 1. The van der Waals surface area contributed by atoms with Gasteiger partial charge in [0, 0.05) is 19.5 Å². The molecule has 0 aliphatic carbocycles. The Labute approximate surface area is 131 Å². The molecule has 1 amide bonds. The second-order valence-electron chi connectivity index (χ2n) is 5.85. The van der Waals surface area contributed by atoms with Crippen molar-refractivity contribution in [3.05, 3.63) is 40.4 Å². The van der Waals surface area contributed by atoms with Crippen molar-refractivity contribution in [3.8, 4) is 0 Å². The summed E-state index contributed by atoms with van der Waals surface area (Å²) in [5.41, 5.74) is 3.49. The van der Waals surface area contributed by atoms with Crippen molar-refractivity contribution in [1.29, 1.82) is 0 Å². The summed E-state index contributed by atoms with van der Waals surface area (Å²) >= 11 is 0. The van der Waals surface area contributed by atoms with Gasteiger partial charge in [0.25, 0.3) is 5.56 Å². The number of carbonyl (C=O) groups is 1. The van der Waals surface area contributed by atoms with E-state index in [9.17, 15) is 9.59 Å². The molecule has 3 heterocycles. The predicted molar refractivity (Wildman–Crippen MR) is 83.5 cm³/mol. The summed E-state index contributed by atoms with van der Waals surface area (Å²) in [7, 11) is 1.68. The lowest BCUT2D eigenvalue weighted by Crippen LogP contribution is -2.37. The Morgan fingerprint density at radius 1 is 1.26 bits per heavy atom. The molecule has 0 radical (unpaired) electrons. The van der Waals surface area contributed by atoms with Gasteiger partial charge in [0.1, 0.15) is 0 Å². The number of carbonyl (C=O) groups excluding carboxylic acids is 1. The average Bonchev–Trinajstić information content (AvgIpc) is 3.09. The maximum atomic E-state index is 12.4. The molecule has 23 heavy (non-hydrogen) atoms. The van der Waals surface area contributed by atoms with Crippen molar-refractivity contribution in [2.45, 2.75) is 25.9 Å². The van der Waals surface area contributed by atoms with E-state index < -0.39 is 0 Å². The van der Waals surface area contributed by atoms with Crippen LogP contribution in [0.25, 0.3) is 16.7 Å². The summed E-state index contributed by atoms with van der Waals surface area (Å²) in [5.74, 6) is 1.17. The first-order chi connectivity index (χ1) is 11.1. The third kappa shape index (κ3) is 2.02. The van der Waals surface area contributed by atoms with Crippen LogP contribution in [0.3, 0.4) is 0 Å². The number of benzene rings is 1. The quantitative estimate of drug-likeness (QED) is 0.731. The van der Waals surface area contributed by atoms with E-state index in [2.05, 4.69) is 15.6 Å². The number of nitrogens with zero attached hydrogens (tertiary/aromatic N) is 5. The third-order valence-electron chi connectivity index (χ3n) is 4.29. The van der Waals surface area contributed by atoms with Crippen LogP contribution in [-0.2, 0) is 18.4 Å². The monoisotopic (exact) mass is 312 g/mol. The largest absolute Gasteiger partial charge is 0.288 e. The normalized spacial score (nSPS) is 18.9. The van der Waals surface area contributed by atoms with Crippen molar-refractivity contribution in [2.75, 3.05) is 0 Å². The highest BCUT2D eigenvalue weighted by molar-refractivity contribution is 5.80. The molecule has 1 aliphatic heterocycles. The summed E-state index contributed by atoms with van der Waals surface area (Å²) in [6, 6.07) is 7.48. The van der Waals surface area contributed by atoms with Crippen LogP contribution in [-0.4, -0.2) is 36.1 Å². The smallest absolute Gasteiger partial charge is 0.262 e. The van der Waals surface area contributed by atoms with E-state index in [-0.39, 0.29) is 17.5 Å². The van der Waals surface area contributed by atoms with Crippen LogP contribution in [0.4, 0.5) is 0 Å². The van der Waals surface area contributed by atoms with E-state index in [4.69, 9.17) is 0 Å². The maximum Gasteiger partial charge on any atom is 0.262 e. The van der Waals surface area contributed by atoms with E-state index in [1.807, 2.05) is 34.5 Å². The molecule has 3 aromatic rings. The van der Waals surface area contributed by atoms with Gasteiger partial charge in [0.05, 0.1) is 17.4 Å². The zero-order valence-electron chi connectivity index (χ0n) is 12.9. The Kier molecular flexibility index (Phi) is 2.95. The molecule has 0 bridgehead atoms. The Hall–Kier alpha value is -2.74. The van der Waals surface area contributed by atoms with E-state index in [0.29, 0.717) is 30.0 Å². The van der Waals surface area contributed by atoms with Gasteiger partial charge in [-0.15, -0.1) is 10.2 Å². The fourth-order valence-corrected chi connectivity index (χ4v) is 3.04. The fraction of sp³-hybridized carbons (Fsp3) is 0.333.